The molecule has 0 atom stereocenters. The second-order valence-corrected chi connectivity index (χ2v) is 4.18. The highest BCUT2D eigenvalue weighted by Gasteiger charge is 2.01. The molecule has 1 rings (SSSR count). The lowest BCUT2D eigenvalue weighted by Crippen LogP contribution is -2.14. The Labute approximate surface area is 85.4 Å². The number of thiophene rings is 1. The van der Waals surface area contributed by atoms with Gasteiger partial charge < -0.3 is 0 Å². The van der Waals surface area contributed by atoms with Crippen LogP contribution in [0.5, 0.6) is 0 Å². The van der Waals surface area contributed by atoms with Gasteiger partial charge in [-0.05, 0) is 19.1 Å². The molecule has 0 saturated heterocycles. The molecule has 13 heavy (non-hydrogen) atoms. The molecular formula is C8H9ClN2OS. The summed E-state index contributed by atoms with van der Waals surface area (Å²) in [7, 11) is 0. The van der Waals surface area contributed by atoms with E-state index in [1.54, 1.807) is 6.07 Å². The minimum atomic E-state index is -0.179. The van der Waals surface area contributed by atoms with E-state index in [1.807, 2.05) is 13.0 Å². The van der Waals surface area contributed by atoms with Gasteiger partial charge in [-0.1, -0.05) is 11.6 Å². The second kappa shape index (κ2) is 4.39. The topological polar surface area (TPSA) is 41.5 Å². The van der Waals surface area contributed by atoms with Gasteiger partial charge in [0, 0.05) is 6.92 Å². The zero-order valence-electron chi connectivity index (χ0n) is 7.30. The number of nitrogens with one attached hydrogen (secondary N) is 1. The van der Waals surface area contributed by atoms with Crippen LogP contribution in [0.4, 0.5) is 0 Å². The summed E-state index contributed by atoms with van der Waals surface area (Å²) in [4.78, 5) is 11.5. The number of hydrogen-bond donors (Lipinski definition) is 1. The fourth-order valence-electron chi connectivity index (χ4n) is 0.726. The number of halogens is 1. The summed E-state index contributed by atoms with van der Waals surface area (Å²) in [5.41, 5.74) is 3.12. The first kappa shape index (κ1) is 10.2. The van der Waals surface area contributed by atoms with Crippen molar-refractivity contribution in [3.05, 3.63) is 21.3 Å². The molecule has 1 heterocycles. The van der Waals surface area contributed by atoms with Gasteiger partial charge in [0.15, 0.2) is 0 Å². The zero-order chi connectivity index (χ0) is 9.84. The Bertz CT molecular complexity index is 346. The van der Waals surface area contributed by atoms with Gasteiger partial charge in [0.1, 0.15) is 0 Å². The van der Waals surface area contributed by atoms with Crippen LogP contribution in [0.25, 0.3) is 0 Å². The van der Waals surface area contributed by atoms with Crippen LogP contribution in [-0.2, 0) is 4.79 Å². The summed E-state index contributed by atoms with van der Waals surface area (Å²) in [6.07, 6.45) is 0. The summed E-state index contributed by atoms with van der Waals surface area (Å²) >= 11 is 7.17. The van der Waals surface area contributed by atoms with Crippen molar-refractivity contribution in [3.8, 4) is 0 Å². The summed E-state index contributed by atoms with van der Waals surface area (Å²) in [5.74, 6) is -0.179. The molecule has 0 aliphatic heterocycles. The van der Waals surface area contributed by atoms with E-state index in [9.17, 15) is 4.79 Å². The average Bonchev–Trinajstić information content (AvgIpc) is 2.47. The number of amides is 1. The molecular weight excluding hydrogens is 208 g/mol. The van der Waals surface area contributed by atoms with Crippen LogP contribution in [-0.4, -0.2) is 11.6 Å². The Morgan fingerprint density at radius 3 is 2.69 bits per heavy atom. The van der Waals surface area contributed by atoms with Crippen LogP contribution in [0.1, 0.15) is 18.7 Å². The molecule has 0 saturated carbocycles. The standard InChI is InChI=1S/C8H9ClN2OS/c1-5(10-11-6(2)12)7-3-4-8(9)13-7/h3-4H,1-2H3,(H,11,12). The second-order valence-electron chi connectivity index (χ2n) is 2.47. The van der Waals surface area contributed by atoms with Gasteiger partial charge >= 0.3 is 0 Å². The van der Waals surface area contributed by atoms with Crippen molar-refractivity contribution >= 4 is 34.6 Å². The quantitative estimate of drug-likeness (QED) is 0.598. The van der Waals surface area contributed by atoms with Gasteiger partial charge in [-0.3, -0.25) is 4.79 Å². The van der Waals surface area contributed by atoms with Gasteiger partial charge in [0.25, 0.3) is 0 Å². The minimum absolute atomic E-state index is 0.179. The first-order valence-electron chi connectivity index (χ1n) is 3.66. The lowest BCUT2D eigenvalue weighted by atomic mass is 10.3. The number of nitrogens with zero attached hydrogens (tertiary/aromatic N) is 1. The summed E-state index contributed by atoms with van der Waals surface area (Å²) in [6.45, 7) is 3.23. The number of carbonyl (C=O) groups excluding carboxylic acids is 1. The number of carbonyl (C=O) groups is 1. The smallest absolute Gasteiger partial charge is 0.236 e. The van der Waals surface area contributed by atoms with Crippen LogP contribution < -0.4 is 5.43 Å². The van der Waals surface area contributed by atoms with Gasteiger partial charge in [-0.15, -0.1) is 11.3 Å². The van der Waals surface area contributed by atoms with Crippen molar-refractivity contribution < 1.29 is 4.79 Å². The Hall–Kier alpha value is -0.870. The van der Waals surface area contributed by atoms with Crippen molar-refractivity contribution in [2.75, 3.05) is 0 Å². The summed E-state index contributed by atoms with van der Waals surface area (Å²) in [5, 5.41) is 3.88. The molecule has 0 radical (unpaired) electrons. The van der Waals surface area contributed by atoms with Crippen LogP contribution in [0.3, 0.4) is 0 Å². The lowest BCUT2D eigenvalue weighted by Gasteiger charge is -1.95. The molecule has 5 heteroatoms. The number of rotatable bonds is 2. The van der Waals surface area contributed by atoms with Gasteiger partial charge in [-0.2, -0.15) is 5.10 Å². The first-order valence-corrected chi connectivity index (χ1v) is 4.85. The predicted octanol–water partition coefficient (Wildman–Crippen LogP) is 2.26. The SMILES string of the molecule is CC(=O)NN=C(C)c1ccc(Cl)s1. The van der Waals surface area contributed by atoms with E-state index in [0.29, 0.717) is 4.34 Å². The van der Waals surface area contributed by atoms with Crippen molar-refractivity contribution in [3.63, 3.8) is 0 Å². The van der Waals surface area contributed by atoms with E-state index in [-0.39, 0.29) is 5.91 Å². The molecule has 70 valence electrons. The maximum atomic E-state index is 10.5. The van der Waals surface area contributed by atoms with Crippen molar-refractivity contribution in [2.24, 2.45) is 5.10 Å². The van der Waals surface area contributed by atoms with Crippen LogP contribution in [0.15, 0.2) is 17.2 Å². The van der Waals surface area contributed by atoms with E-state index in [2.05, 4.69) is 10.5 Å². The molecule has 0 aromatic carbocycles. The summed E-state index contributed by atoms with van der Waals surface area (Å²) < 4.78 is 0.715. The molecule has 0 aliphatic rings. The van der Waals surface area contributed by atoms with E-state index in [1.165, 1.54) is 18.3 Å². The lowest BCUT2D eigenvalue weighted by molar-refractivity contribution is -0.118. The zero-order valence-corrected chi connectivity index (χ0v) is 8.87. The largest absolute Gasteiger partial charge is 0.274 e. The third-order valence-electron chi connectivity index (χ3n) is 1.31. The van der Waals surface area contributed by atoms with Crippen molar-refractivity contribution in [1.29, 1.82) is 0 Å². The highest BCUT2D eigenvalue weighted by Crippen LogP contribution is 2.21. The normalized spacial score (nSPS) is 11.5. The van der Waals surface area contributed by atoms with E-state index >= 15 is 0 Å². The molecule has 1 N–H and O–H groups in total. The molecule has 1 amide bonds. The molecule has 0 aliphatic carbocycles. The monoisotopic (exact) mass is 216 g/mol. The fraction of sp³-hybridized carbons (Fsp3) is 0.250. The molecule has 1 aromatic heterocycles. The Balaban J connectivity index is 2.72. The minimum Gasteiger partial charge on any atom is -0.274 e. The highest BCUT2D eigenvalue weighted by molar-refractivity contribution is 7.18. The Morgan fingerprint density at radius 2 is 2.23 bits per heavy atom. The molecule has 0 spiro atoms. The van der Waals surface area contributed by atoms with Gasteiger partial charge in [0.2, 0.25) is 5.91 Å². The van der Waals surface area contributed by atoms with Crippen molar-refractivity contribution in [1.82, 2.24) is 5.43 Å². The first-order chi connectivity index (χ1) is 6.09. The molecule has 0 fully saturated rings. The third kappa shape index (κ3) is 3.16. The average molecular weight is 217 g/mol. The third-order valence-corrected chi connectivity index (χ3v) is 2.65. The van der Waals surface area contributed by atoms with Gasteiger partial charge in [0.05, 0.1) is 14.9 Å². The van der Waals surface area contributed by atoms with Crippen LogP contribution in [0.2, 0.25) is 4.34 Å². The van der Waals surface area contributed by atoms with Crippen LogP contribution >= 0.6 is 22.9 Å². The molecule has 1 aromatic rings. The summed E-state index contributed by atoms with van der Waals surface area (Å²) in [6, 6.07) is 3.67. The predicted molar refractivity (Wildman–Crippen MR) is 55.4 cm³/mol. The van der Waals surface area contributed by atoms with Crippen molar-refractivity contribution in [2.45, 2.75) is 13.8 Å². The number of hydrogen-bond acceptors (Lipinski definition) is 3. The van der Waals surface area contributed by atoms with E-state index in [4.69, 9.17) is 11.6 Å². The maximum Gasteiger partial charge on any atom is 0.236 e. The van der Waals surface area contributed by atoms with Gasteiger partial charge in [-0.25, -0.2) is 5.43 Å². The van der Waals surface area contributed by atoms with E-state index < -0.39 is 0 Å². The van der Waals surface area contributed by atoms with Crippen LogP contribution in [0, 0.1) is 0 Å². The molecule has 3 nitrogen and oxygen atoms in total. The Morgan fingerprint density at radius 1 is 1.54 bits per heavy atom. The molecule has 0 unspecified atom stereocenters. The fourth-order valence-corrected chi connectivity index (χ4v) is 1.71. The van der Waals surface area contributed by atoms with E-state index in [0.717, 1.165) is 10.6 Å². The maximum absolute atomic E-state index is 10.5. The highest BCUT2D eigenvalue weighted by atomic mass is 35.5. The number of hydrazone groups is 1. The molecule has 0 bridgehead atoms. The Kier molecular flexibility index (Phi) is 3.45.